The van der Waals surface area contributed by atoms with Gasteiger partial charge >= 0.3 is 0 Å². The second-order valence-electron chi connectivity index (χ2n) is 4.95. The van der Waals surface area contributed by atoms with Gasteiger partial charge in [-0.3, -0.25) is 0 Å². The maximum atomic E-state index is 5.30. The summed E-state index contributed by atoms with van der Waals surface area (Å²) in [7, 11) is 0. The van der Waals surface area contributed by atoms with Gasteiger partial charge in [-0.2, -0.15) is 4.98 Å². The predicted molar refractivity (Wildman–Crippen MR) is 83.1 cm³/mol. The summed E-state index contributed by atoms with van der Waals surface area (Å²) in [5.74, 6) is 1.69. The van der Waals surface area contributed by atoms with Crippen LogP contribution in [0.2, 0.25) is 0 Å². The van der Waals surface area contributed by atoms with Crippen LogP contribution in [0.15, 0.2) is 38.4 Å². The largest absolute Gasteiger partial charge is 0.338 e. The van der Waals surface area contributed by atoms with Gasteiger partial charge in [-0.25, -0.2) is 4.68 Å². The van der Waals surface area contributed by atoms with E-state index >= 15 is 0 Å². The Bertz CT molecular complexity index is 799. The molecule has 9 heteroatoms. The zero-order valence-electron chi connectivity index (χ0n) is 11.4. The Morgan fingerprint density at radius 3 is 3.09 bits per heavy atom. The molecule has 112 valence electrons. The molecule has 0 radical (unpaired) electrons. The van der Waals surface area contributed by atoms with Gasteiger partial charge in [0.1, 0.15) is 0 Å². The van der Waals surface area contributed by atoms with Gasteiger partial charge in [0, 0.05) is 10.0 Å². The average molecular weight is 379 g/mol. The number of aromatic nitrogens is 6. The highest BCUT2D eigenvalue weighted by Gasteiger charge is 2.28. The Morgan fingerprint density at radius 2 is 2.27 bits per heavy atom. The van der Waals surface area contributed by atoms with Crippen LogP contribution in [0.1, 0.15) is 24.8 Å². The highest BCUT2D eigenvalue weighted by molar-refractivity contribution is 9.10. The van der Waals surface area contributed by atoms with Crippen LogP contribution in [0.3, 0.4) is 0 Å². The number of hydrogen-bond acceptors (Lipinski definition) is 7. The van der Waals surface area contributed by atoms with Crippen molar-refractivity contribution in [1.29, 1.82) is 0 Å². The summed E-state index contributed by atoms with van der Waals surface area (Å²) < 4.78 is 8.15. The van der Waals surface area contributed by atoms with E-state index in [9.17, 15) is 0 Å². The number of hydrogen-bond donors (Lipinski definition) is 0. The van der Waals surface area contributed by atoms with Gasteiger partial charge in [-0.15, -0.1) is 5.10 Å². The molecule has 0 spiro atoms. The van der Waals surface area contributed by atoms with Crippen molar-refractivity contribution >= 4 is 27.7 Å². The van der Waals surface area contributed by atoms with Crippen LogP contribution in [0, 0.1) is 0 Å². The van der Waals surface area contributed by atoms with Crippen LogP contribution < -0.4 is 0 Å². The molecule has 3 aromatic rings. The molecule has 7 nitrogen and oxygen atoms in total. The lowest BCUT2D eigenvalue weighted by atomic mass is 10.2. The number of nitrogens with zero attached hydrogens (tertiary/aromatic N) is 6. The molecule has 1 aromatic carbocycles. The average Bonchev–Trinajstić information content (AvgIpc) is 3.08. The number of benzene rings is 1. The molecule has 0 atom stereocenters. The number of rotatable bonds is 5. The fourth-order valence-corrected chi connectivity index (χ4v) is 3.19. The third kappa shape index (κ3) is 2.91. The van der Waals surface area contributed by atoms with Crippen molar-refractivity contribution in [3.8, 4) is 11.4 Å². The summed E-state index contributed by atoms with van der Waals surface area (Å²) in [4.78, 5) is 4.41. The molecule has 0 bridgehead atoms. The summed E-state index contributed by atoms with van der Waals surface area (Å²) in [5, 5.41) is 16.6. The van der Waals surface area contributed by atoms with Crippen molar-refractivity contribution in [1.82, 2.24) is 30.3 Å². The first kappa shape index (κ1) is 13.9. The second kappa shape index (κ2) is 5.81. The first-order valence-electron chi connectivity index (χ1n) is 6.79. The summed E-state index contributed by atoms with van der Waals surface area (Å²) >= 11 is 4.94. The van der Waals surface area contributed by atoms with Crippen LogP contribution in [0.25, 0.3) is 11.4 Å². The highest BCUT2D eigenvalue weighted by Crippen LogP contribution is 2.36. The maximum Gasteiger partial charge on any atom is 0.237 e. The monoisotopic (exact) mass is 378 g/mol. The summed E-state index contributed by atoms with van der Waals surface area (Å²) in [6.07, 6.45) is 2.29. The van der Waals surface area contributed by atoms with Crippen LogP contribution >= 0.6 is 27.7 Å². The lowest BCUT2D eigenvalue weighted by Gasteiger charge is -1.99. The van der Waals surface area contributed by atoms with Gasteiger partial charge in [-0.05, 0) is 35.4 Å². The fourth-order valence-electron chi connectivity index (χ4n) is 2.01. The summed E-state index contributed by atoms with van der Waals surface area (Å²) in [5.41, 5.74) is 0.914. The van der Waals surface area contributed by atoms with E-state index in [1.165, 1.54) is 11.8 Å². The summed E-state index contributed by atoms with van der Waals surface area (Å²) in [6.45, 7) is 0. The molecule has 2 heterocycles. The van der Waals surface area contributed by atoms with E-state index < -0.39 is 0 Å². The zero-order valence-corrected chi connectivity index (χ0v) is 13.8. The smallest absolute Gasteiger partial charge is 0.237 e. The first-order valence-corrected chi connectivity index (χ1v) is 8.56. The van der Waals surface area contributed by atoms with E-state index in [0.717, 1.165) is 28.0 Å². The van der Waals surface area contributed by atoms with Gasteiger partial charge < -0.3 is 4.52 Å². The van der Waals surface area contributed by atoms with Crippen molar-refractivity contribution in [3.63, 3.8) is 0 Å². The van der Waals surface area contributed by atoms with Crippen molar-refractivity contribution < 1.29 is 4.52 Å². The van der Waals surface area contributed by atoms with Gasteiger partial charge in [0.2, 0.25) is 16.9 Å². The van der Waals surface area contributed by atoms with E-state index in [2.05, 4.69) is 41.6 Å². The quantitative estimate of drug-likeness (QED) is 0.630. The zero-order chi connectivity index (χ0) is 14.9. The predicted octanol–water partition coefficient (Wildman–Crippen LogP) is 3.11. The SMILES string of the molecule is Brc1cccc(-c2noc(CSc3nnnn3C3CC3)n2)c1. The molecular weight excluding hydrogens is 368 g/mol. The maximum absolute atomic E-state index is 5.30. The van der Waals surface area contributed by atoms with Crippen LogP contribution in [-0.4, -0.2) is 30.3 Å². The van der Waals surface area contributed by atoms with Gasteiger partial charge in [0.15, 0.2) is 0 Å². The minimum absolute atomic E-state index is 0.456. The molecule has 0 unspecified atom stereocenters. The highest BCUT2D eigenvalue weighted by atomic mass is 79.9. The molecule has 0 amide bonds. The second-order valence-corrected chi connectivity index (χ2v) is 6.81. The van der Waals surface area contributed by atoms with E-state index in [4.69, 9.17) is 4.52 Å². The van der Waals surface area contributed by atoms with E-state index in [0.29, 0.717) is 23.5 Å². The summed E-state index contributed by atoms with van der Waals surface area (Å²) in [6, 6.07) is 8.25. The van der Waals surface area contributed by atoms with Gasteiger partial charge in [-0.1, -0.05) is 45.0 Å². The molecule has 1 aliphatic carbocycles. The van der Waals surface area contributed by atoms with Crippen LogP contribution in [0.4, 0.5) is 0 Å². The molecule has 0 saturated heterocycles. The third-order valence-corrected chi connectivity index (χ3v) is 4.64. The van der Waals surface area contributed by atoms with Crippen molar-refractivity contribution in [2.24, 2.45) is 0 Å². The number of halogens is 1. The Balaban J connectivity index is 1.47. The molecule has 0 N–H and O–H groups in total. The molecule has 4 rings (SSSR count). The topological polar surface area (TPSA) is 82.5 Å². The minimum atomic E-state index is 0.456. The van der Waals surface area contributed by atoms with E-state index in [-0.39, 0.29) is 0 Å². The van der Waals surface area contributed by atoms with Crippen LogP contribution in [0.5, 0.6) is 0 Å². The van der Waals surface area contributed by atoms with E-state index in [1.807, 2.05) is 28.9 Å². The van der Waals surface area contributed by atoms with Crippen molar-refractivity contribution in [2.45, 2.75) is 29.8 Å². The Hall–Kier alpha value is -1.74. The molecule has 1 fully saturated rings. The Kier molecular flexibility index (Phi) is 3.67. The lowest BCUT2D eigenvalue weighted by molar-refractivity contribution is 0.391. The molecular formula is C13H11BrN6OS. The molecule has 2 aromatic heterocycles. The number of tetrazole rings is 1. The number of thioether (sulfide) groups is 1. The Morgan fingerprint density at radius 1 is 1.36 bits per heavy atom. The van der Waals surface area contributed by atoms with Crippen molar-refractivity contribution in [2.75, 3.05) is 0 Å². The molecule has 1 saturated carbocycles. The fraction of sp³-hybridized carbons (Fsp3) is 0.308. The third-order valence-electron chi connectivity index (χ3n) is 3.23. The van der Waals surface area contributed by atoms with E-state index in [1.54, 1.807) is 0 Å². The standard InChI is InChI=1S/C13H11BrN6OS/c14-9-3-1-2-8(6-9)12-15-11(21-17-12)7-22-13-16-18-19-20(13)10-4-5-10/h1-3,6,10H,4-5,7H2. The first-order chi connectivity index (χ1) is 10.8. The van der Waals surface area contributed by atoms with Crippen molar-refractivity contribution in [3.05, 3.63) is 34.6 Å². The van der Waals surface area contributed by atoms with Gasteiger partial charge in [0.25, 0.3) is 0 Å². The minimum Gasteiger partial charge on any atom is -0.338 e. The lowest BCUT2D eigenvalue weighted by Crippen LogP contribution is -1.98. The Labute approximate surface area is 138 Å². The van der Waals surface area contributed by atoms with Crippen LogP contribution in [-0.2, 0) is 5.75 Å². The normalized spacial score (nSPS) is 14.4. The van der Waals surface area contributed by atoms with Gasteiger partial charge in [0.05, 0.1) is 11.8 Å². The molecule has 1 aliphatic rings. The molecule has 22 heavy (non-hydrogen) atoms. The molecule has 0 aliphatic heterocycles.